The summed E-state index contributed by atoms with van der Waals surface area (Å²) in [4.78, 5) is 14.3. The third-order valence-corrected chi connectivity index (χ3v) is 5.61. The Labute approximate surface area is 180 Å². The molecule has 3 aromatic carbocycles. The van der Waals surface area contributed by atoms with Crippen LogP contribution in [0.3, 0.4) is 0 Å². The molecule has 7 heteroatoms. The van der Waals surface area contributed by atoms with Gasteiger partial charge in [0, 0.05) is 22.0 Å². The van der Waals surface area contributed by atoms with Crippen LogP contribution >= 0.6 is 15.9 Å². The van der Waals surface area contributed by atoms with Gasteiger partial charge in [0.05, 0.1) is 10.4 Å². The second-order valence-electron chi connectivity index (χ2n) is 6.96. The van der Waals surface area contributed by atoms with Crippen molar-refractivity contribution in [2.45, 2.75) is 12.5 Å². The highest BCUT2D eigenvalue weighted by Gasteiger charge is 2.24. The number of nitrogens with zero attached hydrogens (tertiary/aromatic N) is 1. The maximum absolute atomic E-state index is 13.0. The topological polar surface area (TPSA) is 68.2 Å². The van der Waals surface area contributed by atoms with Gasteiger partial charge >= 0.3 is 0 Å². The van der Waals surface area contributed by atoms with E-state index >= 15 is 0 Å². The molecule has 1 atom stereocenters. The van der Waals surface area contributed by atoms with Crippen molar-refractivity contribution >= 4 is 26.8 Å². The number of fused-ring (bicyclic) bond motifs is 1. The molecule has 0 saturated carbocycles. The Bertz CT molecular complexity index is 1190. The van der Waals surface area contributed by atoms with E-state index in [0.717, 1.165) is 27.6 Å². The molecular weight excluding hydrogens is 451 g/mol. The summed E-state index contributed by atoms with van der Waals surface area (Å²) < 4.78 is 19.6. The Hall–Kier alpha value is -3.19. The first-order chi connectivity index (χ1) is 14.5. The highest BCUT2D eigenvalue weighted by atomic mass is 79.9. The first kappa shape index (κ1) is 20.1. The zero-order chi connectivity index (χ0) is 21.1. The number of para-hydroxylation sites is 1. The predicted octanol–water partition coefficient (Wildman–Crippen LogP) is 6.06. The molecule has 4 rings (SSSR count). The van der Waals surface area contributed by atoms with Gasteiger partial charge in [-0.1, -0.05) is 36.4 Å². The van der Waals surface area contributed by atoms with E-state index in [9.17, 15) is 14.5 Å². The Morgan fingerprint density at radius 1 is 1.10 bits per heavy atom. The Kier molecular flexibility index (Phi) is 5.81. The summed E-state index contributed by atoms with van der Waals surface area (Å²) in [5, 5.41) is 12.4. The number of aromatic amines is 1. The Morgan fingerprint density at radius 3 is 2.60 bits per heavy atom. The fourth-order valence-corrected chi connectivity index (χ4v) is 4.02. The summed E-state index contributed by atoms with van der Waals surface area (Å²) in [6.45, 7) is 0.0725. The second-order valence-corrected chi connectivity index (χ2v) is 7.82. The number of nitro groups is 1. The van der Waals surface area contributed by atoms with Crippen molar-refractivity contribution < 1.29 is 14.1 Å². The number of hydrogen-bond donors (Lipinski definition) is 1. The summed E-state index contributed by atoms with van der Waals surface area (Å²) >= 11 is 3.52. The fourth-order valence-electron chi connectivity index (χ4n) is 3.51. The van der Waals surface area contributed by atoms with Crippen LogP contribution < -0.4 is 4.74 Å². The summed E-state index contributed by atoms with van der Waals surface area (Å²) in [6.07, 6.45) is 1.84. The van der Waals surface area contributed by atoms with Crippen molar-refractivity contribution in [3.63, 3.8) is 0 Å². The minimum atomic E-state index is -0.404. The van der Waals surface area contributed by atoms with E-state index in [1.807, 2.05) is 42.6 Å². The molecule has 0 aliphatic heterocycles. The zero-order valence-corrected chi connectivity index (χ0v) is 17.4. The van der Waals surface area contributed by atoms with Crippen LogP contribution in [0.15, 0.2) is 77.4 Å². The lowest BCUT2D eigenvalue weighted by molar-refractivity contribution is -0.481. The smallest absolute Gasteiger partial charge is 0.214 e. The quantitative estimate of drug-likeness (QED) is 0.264. The van der Waals surface area contributed by atoms with E-state index in [0.29, 0.717) is 16.8 Å². The predicted molar refractivity (Wildman–Crippen MR) is 117 cm³/mol. The first-order valence-electron chi connectivity index (χ1n) is 9.36. The average molecular weight is 469 g/mol. The average Bonchev–Trinajstić information content (AvgIpc) is 3.16. The molecule has 0 radical (unpaired) electrons. The number of rotatable bonds is 7. The molecule has 30 heavy (non-hydrogen) atoms. The summed E-state index contributed by atoms with van der Waals surface area (Å²) in [7, 11) is 0. The molecule has 0 saturated heterocycles. The molecule has 1 heterocycles. The number of aromatic nitrogens is 1. The number of ether oxygens (including phenoxy) is 1. The third-order valence-electron chi connectivity index (χ3n) is 4.99. The van der Waals surface area contributed by atoms with E-state index in [-0.39, 0.29) is 17.3 Å². The van der Waals surface area contributed by atoms with Crippen molar-refractivity contribution in [2.24, 2.45) is 0 Å². The Morgan fingerprint density at radius 2 is 1.87 bits per heavy atom. The molecule has 0 fully saturated rings. The molecule has 0 amide bonds. The molecule has 1 aromatic heterocycles. The van der Waals surface area contributed by atoms with Crippen LogP contribution in [0.4, 0.5) is 4.39 Å². The van der Waals surface area contributed by atoms with Crippen LogP contribution in [0, 0.1) is 15.9 Å². The number of nitrogens with one attached hydrogen (secondary N) is 1. The summed E-state index contributed by atoms with van der Waals surface area (Å²) in [6, 6.07) is 19.4. The minimum absolute atomic E-state index is 0.218. The van der Waals surface area contributed by atoms with Crippen LogP contribution in [-0.4, -0.2) is 16.5 Å². The molecular formula is C23H18BrFN2O3. The van der Waals surface area contributed by atoms with Crippen molar-refractivity contribution in [3.05, 3.63) is 110 Å². The van der Waals surface area contributed by atoms with E-state index in [2.05, 4.69) is 20.9 Å². The van der Waals surface area contributed by atoms with Gasteiger partial charge in [-0.2, -0.15) is 0 Å². The van der Waals surface area contributed by atoms with E-state index in [1.165, 1.54) is 12.1 Å². The van der Waals surface area contributed by atoms with Gasteiger partial charge in [-0.25, -0.2) is 4.39 Å². The molecule has 1 N–H and O–H groups in total. The van der Waals surface area contributed by atoms with Crippen LogP contribution in [-0.2, 0) is 6.61 Å². The molecule has 5 nitrogen and oxygen atoms in total. The number of halogens is 2. The standard InChI is InChI=1S/C23H18BrFN2O3/c24-21-11-16(7-10-23(21)30-14-15-5-8-17(25)9-6-15)20(13-27(28)29)19-12-26-22-4-2-1-3-18(19)22/h1-12,20,26H,13-14H2/t20-/m1/s1. The SMILES string of the molecule is O=[N+]([O-])C[C@H](c1ccc(OCc2ccc(F)cc2)c(Br)c1)c1c[nH]c2ccccc12. The highest BCUT2D eigenvalue weighted by Crippen LogP contribution is 2.35. The molecule has 152 valence electrons. The van der Waals surface area contributed by atoms with Crippen molar-refractivity contribution in [2.75, 3.05) is 6.54 Å². The Balaban J connectivity index is 1.61. The first-order valence-corrected chi connectivity index (χ1v) is 10.1. The highest BCUT2D eigenvalue weighted by molar-refractivity contribution is 9.10. The van der Waals surface area contributed by atoms with Gasteiger partial charge in [0.1, 0.15) is 18.2 Å². The fraction of sp³-hybridized carbons (Fsp3) is 0.130. The molecule has 0 aliphatic rings. The summed E-state index contributed by atoms with van der Waals surface area (Å²) in [5.74, 6) is -0.0844. The largest absolute Gasteiger partial charge is 0.488 e. The number of hydrogen-bond acceptors (Lipinski definition) is 3. The van der Waals surface area contributed by atoms with Crippen LogP contribution in [0.5, 0.6) is 5.75 Å². The zero-order valence-electron chi connectivity index (χ0n) is 15.8. The van der Waals surface area contributed by atoms with Gasteiger partial charge in [0.15, 0.2) is 0 Å². The molecule has 0 spiro atoms. The molecule has 4 aromatic rings. The minimum Gasteiger partial charge on any atom is -0.488 e. The van der Waals surface area contributed by atoms with Crippen molar-refractivity contribution in [1.29, 1.82) is 0 Å². The monoisotopic (exact) mass is 468 g/mol. The van der Waals surface area contributed by atoms with Crippen LogP contribution in [0.25, 0.3) is 10.9 Å². The van der Waals surface area contributed by atoms with Gasteiger partial charge in [0.2, 0.25) is 6.54 Å². The van der Waals surface area contributed by atoms with E-state index < -0.39 is 5.92 Å². The lowest BCUT2D eigenvalue weighted by Gasteiger charge is -2.15. The van der Waals surface area contributed by atoms with Gasteiger partial charge in [-0.3, -0.25) is 10.1 Å². The van der Waals surface area contributed by atoms with Gasteiger partial charge in [-0.15, -0.1) is 0 Å². The van der Waals surface area contributed by atoms with Crippen molar-refractivity contribution in [1.82, 2.24) is 4.98 Å². The maximum Gasteiger partial charge on any atom is 0.214 e. The van der Waals surface area contributed by atoms with Crippen LogP contribution in [0.1, 0.15) is 22.6 Å². The maximum atomic E-state index is 13.0. The number of H-pyrrole nitrogens is 1. The lowest BCUT2D eigenvalue weighted by atomic mass is 9.91. The molecule has 0 bridgehead atoms. The number of benzene rings is 3. The van der Waals surface area contributed by atoms with Crippen molar-refractivity contribution in [3.8, 4) is 5.75 Å². The van der Waals surface area contributed by atoms with Crippen LogP contribution in [0.2, 0.25) is 0 Å². The van der Waals surface area contributed by atoms with Gasteiger partial charge in [-0.05, 0) is 63.0 Å². The molecule has 0 aliphatic carbocycles. The van der Waals surface area contributed by atoms with Gasteiger partial charge < -0.3 is 9.72 Å². The normalized spacial score (nSPS) is 12.1. The van der Waals surface area contributed by atoms with Gasteiger partial charge in [0.25, 0.3) is 0 Å². The van der Waals surface area contributed by atoms with E-state index in [1.54, 1.807) is 18.2 Å². The van der Waals surface area contributed by atoms with E-state index in [4.69, 9.17) is 4.74 Å². The lowest BCUT2D eigenvalue weighted by Crippen LogP contribution is -2.14. The summed E-state index contributed by atoms with van der Waals surface area (Å²) in [5.41, 5.74) is 3.49. The molecule has 0 unspecified atom stereocenters. The third kappa shape index (κ3) is 4.36. The second kappa shape index (κ2) is 8.67.